The molecule has 4 heterocycles. The van der Waals surface area contributed by atoms with E-state index in [2.05, 4.69) is 28.0 Å². The van der Waals surface area contributed by atoms with Gasteiger partial charge in [-0.15, -0.1) is 0 Å². The number of nitrogens with zero attached hydrogens (tertiary/aromatic N) is 6. The number of carbonyl (C=O) groups excluding carboxylic acids is 1. The molecule has 0 fully saturated rings. The fraction of sp³-hybridized carbons (Fsp3) is 0.217. The zero-order valence-corrected chi connectivity index (χ0v) is 17.0. The smallest absolute Gasteiger partial charge is 0.279 e. The summed E-state index contributed by atoms with van der Waals surface area (Å²) in [5, 5.41) is 10.1. The predicted molar refractivity (Wildman–Crippen MR) is 115 cm³/mol. The molecule has 4 aromatic rings. The monoisotopic (exact) mass is 412 g/mol. The summed E-state index contributed by atoms with van der Waals surface area (Å²) in [4.78, 5) is 38.7. The molecule has 4 aromatic heterocycles. The van der Waals surface area contributed by atoms with Gasteiger partial charge in [-0.25, -0.2) is 4.98 Å². The Bertz CT molecular complexity index is 1440. The summed E-state index contributed by atoms with van der Waals surface area (Å²) in [6.07, 6.45) is 7.42. The van der Waals surface area contributed by atoms with E-state index in [1.54, 1.807) is 41.1 Å². The van der Waals surface area contributed by atoms with E-state index in [0.717, 1.165) is 19.3 Å². The van der Waals surface area contributed by atoms with Gasteiger partial charge in [0, 0.05) is 30.7 Å². The van der Waals surface area contributed by atoms with Gasteiger partial charge in [-0.3, -0.25) is 19.0 Å². The minimum absolute atomic E-state index is 0.154. The van der Waals surface area contributed by atoms with E-state index in [1.807, 2.05) is 0 Å². The highest BCUT2D eigenvalue weighted by Crippen LogP contribution is 2.12. The number of pyridine rings is 3. The van der Waals surface area contributed by atoms with Crippen molar-refractivity contribution in [1.29, 1.82) is 5.26 Å². The van der Waals surface area contributed by atoms with Crippen molar-refractivity contribution in [3.63, 3.8) is 0 Å². The van der Waals surface area contributed by atoms with Crippen LogP contribution in [0.25, 0.3) is 16.7 Å². The molecule has 154 valence electrons. The lowest BCUT2D eigenvalue weighted by atomic mass is 10.2. The zero-order chi connectivity index (χ0) is 21.8. The van der Waals surface area contributed by atoms with Crippen LogP contribution in [0.15, 0.2) is 64.8 Å². The average Bonchev–Trinajstić information content (AvgIpc) is 2.81. The molecule has 0 saturated heterocycles. The molecule has 0 spiro atoms. The van der Waals surface area contributed by atoms with Crippen LogP contribution in [0.3, 0.4) is 0 Å². The van der Waals surface area contributed by atoms with Crippen molar-refractivity contribution in [2.75, 3.05) is 0 Å². The third-order valence-electron chi connectivity index (χ3n) is 5.03. The lowest BCUT2D eigenvalue weighted by molar-refractivity contribution is 0.0997. The molecule has 0 unspecified atom stereocenters. The normalized spacial score (nSPS) is 11.7. The third-order valence-corrected chi connectivity index (χ3v) is 5.03. The molecule has 31 heavy (non-hydrogen) atoms. The number of carbonyl (C=O) groups is 1. The number of rotatable bonds is 5. The summed E-state index contributed by atoms with van der Waals surface area (Å²) >= 11 is 0. The van der Waals surface area contributed by atoms with Crippen LogP contribution in [0.4, 0.5) is 0 Å². The van der Waals surface area contributed by atoms with E-state index in [0.29, 0.717) is 28.8 Å². The molecular weight excluding hydrogens is 392 g/mol. The molecule has 8 heteroatoms. The zero-order valence-electron chi connectivity index (χ0n) is 17.0. The second-order valence-electron chi connectivity index (χ2n) is 7.09. The minimum atomic E-state index is -0.486. The van der Waals surface area contributed by atoms with Crippen molar-refractivity contribution in [2.24, 2.45) is 4.99 Å². The SMILES string of the molecule is CCCCCn1c(=NC(=O)c2ccncc2)c(C#N)cc2c(=O)n3ccccc3nc21. The van der Waals surface area contributed by atoms with E-state index < -0.39 is 5.91 Å². The topological polar surface area (TPSA) is 105 Å². The Morgan fingerprint density at radius 1 is 1.19 bits per heavy atom. The first-order valence-corrected chi connectivity index (χ1v) is 10.1. The lowest BCUT2D eigenvalue weighted by Crippen LogP contribution is -2.29. The highest BCUT2D eigenvalue weighted by atomic mass is 16.1. The van der Waals surface area contributed by atoms with Crippen LogP contribution in [0.2, 0.25) is 0 Å². The summed E-state index contributed by atoms with van der Waals surface area (Å²) < 4.78 is 3.16. The number of fused-ring (bicyclic) bond motifs is 2. The van der Waals surface area contributed by atoms with Crippen LogP contribution in [-0.4, -0.2) is 24.8 Å². The van der Waals surface area contributed by atoms with E-state index in [9.17, 15) is 14.9 Å². The van der Waals surface area contributed by atoms with Gasteiger partial charge in [0.25, 0.3) is 11.5 Å². The van der Waals surface area contributed by atoms with Crippen LogP contribution in [0.5, 0.6) is 0 Å². The number of aromatic nitrogens is 4. The Morgan fingerprint density at radius 2 is 2.00 bits per heavy atom. The molecule has 0 aliphatic heterocycles. The van der Waals surface area contributed by atoms with Gasteiger partial charge in [0.15, 0.2) is 5.49 Å². The summed E-state index contributed by atoms with van der Waals surface area (Å²) in [5.74, 6) is -0.486. The van der Waals surface area contributed by atoms with Gasteiger partial charge in [0.2, 0.25) is 0 Å². The minimum Gasteiger partial charge on any atom is -0.309 e. The Kier molecular flexibility index (Phi) is 5.67. The highest BCUT2D eigenvalue weighted by molar-refractivity contribution is 5.94. The van der Waals surface area contributed by atoms with Gasteiger partial charge in [-0.05, 0) is 36.8 Å². The van der Waals surface area contributed by atoms with Gasteiger partial charge in [0.05, 0.1) is 10.9 Å². The Morgan fingerprint density at radius 3 is 2.74 bits per heavy atom. The number of unbranched alkanes of at least 4 members (excludes halogenated alkanes) is 2. The molecule has 0 aliphatic rings. The summed E-state index contributed by atoms with van der Waals surface area (Å²) in [7, 11) is 0. The maximum atomic E-state index is 13.1. The van der Waals surface area contributed by atoms with Crippen molar-refractivity contribution >= 4 is 22.6 Å². The van der Waals surface area contributed by atoms with Crippen LogP contribution in [0, 0.1) is 11.3 Å². The first kappa shape index (κ1) is 20.2. The van der Waals surface area contributed by atoms with Gasteiger partial charge >= 0.3 is 0 Å². The van der Waals surface area contributed by atoms with Crippen LogP contribution >= 0.6 is 0 Å². The molecule has 0 atom stereocenters. The molecule has 0 aliphatic carbocycles. The van der Waals surface area contributed by atoms with E-state index in [4.69, 9.17) is 0 Å². The van der Waals surface area contributed by atoms with E-state index in [1.165, 1.54) is 22.9 Å². The molecular formula is C23H20N6O2. The molecule has 0 radical (unpaired) electrons. The van der Waals surface area contributed by atoms with Crippen molar-refractivity contribution in [3.05, 3.63) is 82.0 Å². The first-order valence-electron chi connectivity index (χ1n) is 10.1. The molecule has 0 N–H and O–H groups in total. The lowest BCUT2D eigenvalue weighted by Gasteiger charge is -2.13. The van der Waals surface area contributed by atoms with Gasteiger partial charge in [0.1, 0.15) is 17.4 Å². The molecule has 8 nitrogen and oxygen atoms in total. The number of hydrogen-bond donors (Lipinski definition) is 0. The van der Waals surface area contributed by atoms with E-state index in [-0.39, 0.29) is 16.6 Å². The molecule has 0 bridgehead atoms. The molecule has 0 aromatic carbocycles. The number of hydrogen-bond acceptors (Lipinski definition) is 5. The maximum Gasteiger partial charge on any atom is 0.279 e. The summed E-state index contributed by atoms with van der Waals surface area (Å²) in [6.45, 7) is 2.57. The molecule has 0 saturated carbocycles. The Hall–Kier alpha value is -4.12. The van der Waals surface area contributed by atoms with Crippen LogP contribution < -0.4 is 11.0 Å². The summed E-state index contributed by atoms with van der Waals surface area (Å²) in [5.41, 5.74) is 1.35. The molecule has 4 rings (SSSR count). The highest BCUT2D eigenvalue weighted by Gasteiger charge is 2.15. The first-order chi connectivity index (χ1) is 15.1. The van der Waals surface area contributed by atoms with Crippen molar-refractivity contribution < 1.29 is 4.79 Å². The second kappa shape index (κ2) is 8.71. The fourth-order valence-electron chi connectivity index (χ4n) is 3.47. The average molecular weight is 412 g/mol. The largest absolute Gasteiger partial charge is 0.309 e. The van der Waals surface area contributed by atoms with Crippen molar-refractivity contribution in [2.45, 2.75) is 32.7 Å². The molecule has 1 amide bonds. The van der Waals surface area contributed by atoms with Gasteiger partial charge < -0.3 is 4.57 Å². The fourth-order valence-corrected chi connectivity index (χ4v) is 3.47. The van der Waals surface area contributed by atoms with Gasteiger partial charge in [-0.2, -0.15) is 10.3 Å². The number of amides is 1. The Labute approximate surface area is 177 Å². The number of nitriles is 1. The second-order valence-corrected chi connectivity index (χ2v) is 7.09. The standard InChI is InChI=1S/C23H20N6O2/c1-2-3-5-13-29-20(27-22(30)16-8-10-25-11-9-16)17(15-24)14-18-21(29)26-19-7-4-6-12-28(19)23(18)31/h4,6-12,14H,2-3,5,13H2,1H3. The van der Waals surface area contributed by atoms with Crippen molar-refractivity contribution in [1.82, 2.24) is 18.9 Å². The number of aryl methyl sites for hydroxylation is 1. The maximum absolute atomic E-state index is 13.1. The van der Waals surface area contributed by atoms with Crippen LogP contribution in [-0.2, 0) is 6.54 Å². The predicted octanol–water partition coefficient (Wildman–Crippen LogP) is 2.85. The van der Waals surface area contributed by atoms with Crippen molar-refractivity contribution in [3.8, 4) is 6.07 Å². The Balaban J connectivity index is 2.06. The van der Waals surface area contributed by atoms with Crippen LogP contribution in [0.1, 0.15) is 42.1 Å². The van der Waals surface area contributed by atoms with E-state index >= 15 is 0 Å². The summed E-state index contributed by atoms with van der Waals surface area (Å²) in [6, 6.07) is 12.0. The van der Waals surface area contributed by atoms with Gasteiger partial charge in [-0.1, -0.05) is 25.8 Å². The third kappa shape index (κ3) is 3.85. The quantitative estimate of drug-likeness (QED) is 0.370.